The SMILES string of the molecule is Cl.Cl.Fc1ccc(Cl)c([C@H](C2CCCC2)N2CCNCC2)c1. The van der Waals surface area contributed by atoms with Gasteiger partial charge in [0.1, 0.15) is 5.82 Å². The first-order chi connectivity index (χ1) is 9.75. The summed E-state index contributed by atoms with van der Waals surface area (Å²) in [5.74, 6) is 0.440. The van der Waals surface area contributed by atoms with E-state index in [-0.39, 0.29) is 36.7 Å². The van der Waals surface area contributed by atoms with E-state index < -0.39 is 0 Å². The van der Waals surface area contributed by atoms with E-state index in [1.165, 1.54) is 31.7 Å². The van der Waals surface area contributed by atoms with Crippen molar-refractivity contribution in [2.24, 2.45) is 5.92 Å². The maximum Gasteiger partial charge on any atom is 0.123 e. The Balaban J connectivity index is 0.00000121. The van der Waals surface area contributed by atoms with Gasteiger partial charge >= 0.3 is 0 Å². The summed E-state index contributed by atoms with van der Waals surface area (Å²) in [4.78, 5) is 2.49. The van der Waals surface area contributed by atoms with Crippen molar-refractivity contribution in [3.63, 3.8) is 0 Å². The first-order valence-corrected chi connectivity index (χ1v) is 8.03. The van der Waals surface area contributed by atoms with Gasteiger partial charge < -0.3 is 5.32 Å². The average molecular weight is 370 g/mol. The summed E-state index contributed by atoms with van der Waals surface area (Å²) in [6.45, 7) is 4.06. The molecule has 0 spiro atoms. The van der Waals surface area contributed by atoms with Gasteiger partial charge in [-0.05, 0) is 42.5 Å². The van der Waals surface area contributed by atoms with E-state index in [4.69, 9.17) is 11.6 Å². The average Bonchev–Trinajstić information content (AvgIpc) is 2.98. The highest BCUT2D eigenvalue weighted by atomic mass is 35.5. The predicted molar refractivity (Wildman–Crippen MR) is 95.0 cm³/mol. The first kappa shape index (κ1) is 20.0. The van der Waals surface area contributed by atoms with Crippen molar-refractivity contribution < 1.29 is 4.39 Å². The van der Waals surface area contributed by atoms with Crippen LogP contribution in [0.1, 0.15) is 37.3 Å². The molecule has 22 heavy (non-hydrogen) atoms. The molecule has 1 saturated carbocycles. The number of hydrogen-bond acceptors (Lipinski definition) is 2. The number of nitrogens with one attached hydrogen (secondary N) is 1. The maximum absolute atomic E-state index is 13.7. The van der Waals surface area contributed by atoms with E-state index in [0.29, 0.717) is 10.9 Å². The molecular formula is C16H24Cl3FN2. The summed E-state index contributed by atoms with van der Waals surface area (Å²) < 4.78 is 13.7. The Labute approximate surface area is 149 Å². The van der Waals surface area contributed by atoms with Crippen LogP contribution in [0.4, 0.5) is 4.39 Å². The smallest absolute Gasteiger partial charge is 0.123 e. The van der Waals surface area contributed by atoms with Crippen LogP contribution in [0, 0.1) is 11.7 Å². The Bertz CT molecular complexity index is 461. The quantitative estimate of drug-likeness (QED) is 0.846. The topological polar surface area (TPSA) is 15.3 Å². The number of piperazine rings is 1. The van der Waals surface area contributed by atoms with Crippen LogP contribution in [0.5, 0.6) is 0 Å². The summed E-state index contributed by atoms with van der Waals surface area (Å²) >= 11 is 6.38. The molecular weight excluding hydrogens is 346 g/mol. The van der Waals surface area contributed by atoms with Gasteiger partial charge in [0, 0.05) is 37.2 Å². The molecule has 1 aromatic carbocycles. The van der Waals surface area contributed by atoms with E-state index in [2.05, 4.69) is 10.2 Å². The molecule has 1 heterocycles. The molecule has 1 aromatic rings. The van der Waals surface area contributed by atoms with Gasteiger partial charge in [-0.25, -0.2) is 4.39 Å². The van der Waals surface area contributed by atoms with E-state index in [9.17, 15) is 4.39 Å². The lowest BCUT2D eigenvalue weighted by Gasteiger charge is -2.39. The molecule has 1 aliphatic heterocycles. The Hall–Kier alpha value is -0.0600. The summed E-state index contributed by atoms with van der Waals surface area (Å²) in [5.41, 5.74) is 0.987. The normalized spacial score (nSPS) is 21.0. The fraction of sp³-hybridized carbons (Fsp3) is 0.625. The number of hydrogen-bond donors (Lipinski definition) is 1. The van der Waals surface area contributed by atoms with Crippen molar-refractivity contribution >= 4 is 36.4 Å². The summed E-state index contributed by atoms with van der Waals surface area (Å²) in [6, 6.07) is 5.08. The third-order valence-corrected chi connectivity index (χ3v) is 5.01. The number of halogens is 4. The monoisotopic (exact) mass is 368 g/mol. The number of benzene rings is 1. The molecule has 2 nitrogen and oxygen atoms in total. The van der Waals surface area contributed by atoms with Crippen molar-refractivity contribution in [3.05, 3.63) is 34.6 Å². The van der Waals surface area contributed by atoms with Crippen molar-refractivity contribution in [2.75, 3.05) is 26.2 Å². The second-order valence-electron chi connectivity index (χ2n) is 5.94. The van der Waals surface area contributed by atoms with E-state index in [0.717, 1.165) is 31.7 Å². The van der Waals surface area contributed by atoms with E-state index in [1.807, 2.05) is 0 Å². The van der Waals surface area contributed by atoms with Crippen LogP contribution in [0.3, 0.4) is 0 Å². The zero-order valence-electron chi connectivity index (χ0n) is 12.6. The van der Waals surface area contributed by atoms with Gasteiger partial charge in [-0.15, -0.1) is 24.8 Å². The van der Waals surface area contributed by atoms with Gasteiger partial charge in [-0.3, -0.25) is 4.90 Å². The molecule has 126 valence electrons. The van der Waals surface area contributed by atoms with Crippen molar-refractivity contribution in [3.8, 4) is 0 Å². The number of nitrogens with zero attached hydrogens (tertiary/aromatic N) is 1. The molecule has 0 bridgehead atoms. The fourth-order valence-electron chi connectivity index (χ4n) is 3.72. The zero-order chi connectivity index (χ0) is 13.9. The largest absolute Gasteiger partial charge is 0.314 e. The minimum absolute atomic E-state index is 0. The first-order valence-electron chi connectivity index (χ1n) is 7.65. The molecule has 1 N–H and O–H groups in total. The van der Waals surface area contributed by atoms with Crippen LogP contribution in [0.2, 0.25) is 5.02 Å². The van der Waals surface area contributed by atoms with Gasteiger partial charge in [0.05, 0.1) is 0 Å². The molecule has 1 atom stereocenters. The Kier molecular flexibility index (Phi) is 8.44. The molecule has 0 radical (unpaired) electrons. The highest BCUT2D eigenvalue weighted by Crippen LogP contribution is 2.42. The number of rotatable bonds is 3. The lowest BCUT2D eigenvalue weighted by Crippen LogP contribution is -2.46. The predicted octanol–water partition coefficient (Wildman–Crippen LogP) is 4.46. The minimum Gasteiger partial charge on any atom is -0.314 e. The second-order valence-corrected chi connectivity index (χ2v) is 6.35. The van der Waals surface area contributed by atoms with Crippen LogP contribution < -0.4 is 5.32 Å². The molecule has 1 saturated heterocycles. The Morgan fingerprint density at radius 2 is 1.77 bits per heavy atom. The fourth-order valence-corrected chi connectivity index (χ4v) is 3.95. The maximum atomic E-state index is 13.7. The van der Waals surface area contributed by atoms with Gasteiger partial charge in [-0.2, -0.15) is 0 Å². The van der Waals surface area contributed by atoms with Gasteiger partial charge in [-0.1, -0.05) is 24.4 Å². The molecule has 6 heteroatoms. The Morgan fingerprint density at radius 1 is 1.14 bits per heavy atom. The molecule has 1 aliphatic carbocycles. The summed E-state index contributed by atoms with van der Waals surface area (Å²) in [5, 5.41) is 4.10. The third-order valence-electron chi connectivity index (χ3n) is 4.67. The van der Waals surface area contributed by atoms with Crippen LogP contribution in [-0.2, 0) is 0 Å². The zero-order valence-corrected chi connectivity index (χ0v) is 15.0. The standard InChI is InChI=1S/C16H22ClFN2.2ClH/c17-15-6-5-13(18)11-14(15)16(12-3-1-2-4-12)20-9-7-19-8-10-20;;/h5-6,11-12,16,19H,1-4,7-10H2;2*1H/t16-;;/m0../s1. The van der Waals surface area contributed by atoms with Crippen LogP contribution >= 0.6 is 36.4 Å². The van der Waals surface area contributed by atoms with Crippen LogP contribution in [0.15, 0.2) is 18.2 Å². The van der Waals surface area contributed by atoms with Gasteiger partial charge in [0.15, 0.2) is 0 Å². The molecule has 2 fully saturated rings. The third kappa shape index (κ3) is 4.48. The van der Waals surface area contributed by atoms with Crippen molar-refractivity contribution in [1.29, 1.82) is 0 Å². The Morgan fingerprint density at radius 3 is 2.41 bits per heavy atom. The molecule has 3 rings (SSSR count). The summed E-state index contributed by atoms with van der Waals surface area (Å²) in [6.07, 6.45) is 5.06. The molecule has 2 aliphatic rings. The van der Waals surface area contributed by atoms with E-state index in [1.54, 1.807) is 12.1 Å². The second kappa shape index (κ2) is 9.29. The van der Waals surface area contributed by atoms with Gasteiger partial charge in [0.25, 0.3) is 0 Å². The van der Waals surface area contributed by atoms with Gasteiger partial charge in [0.2, 0.25) is 0 Å². The lowest BCUT2D eigenvalue weighted by molar-refractivity contribution is 0.125. The minimum atomic E-state index is -0.178. The summed E-state index contributed by atoms with van der Waals surface area (Å²) in [7, 11) is 0. The van der Waals surface area contributed by atoms with Crippen LogP contribution in [-0.4, -0.2) is 31.1 Å². The highest BCUT2D eigenvalue weighted by Gasteiger charge is 2.33. The molecule has 0 unspecified atom stereocenters. The van der Waals surface area contributed by atoms with E-state index >= 15 is 0 Å². The van der Waals surface area contributed by atoms with Crippen molar-refractivity contribution in [2.45, 2.75) is 31.7 Å². The van der Waals surface area contributed by atoms with Crippen LogP contribution in [0.25, 0.3) is 0 Å². The molecule has 0 amide bonds. The lowest BCUT2D eigenvalue weighted by atomic mass is 9.89. The molecule has 0 aromatic heterocycles. The van der Waals surface area contributed by atoms with Crippen molar-refractivity contribution in [1.82, 2.24) is 10.2 Å². The highest BCUT2D eigenvalue weighted by molar-refractivity contribution is 6.31.